The zero-order chi connectivity index (χ0) is 9.84. The highest BCUT2D eigenvalue weighted by molar-refractivity contribution is 5.26. The Balaban J connectivity index is 2.79. The van der Waals surface area contributed by atoms with Crippen molar-refractivity contribution in [2.24, 2.45) is 5.73 Å². The van der Waals surface area contributed by atoms with Crippen molar-refractivity contribution in [3.05, 3.63) is 35.4 Å². The number of hydrogen-bond acceptors (Lipinski definition) is 1. The molecular formula is C12H19N. The first-order chi connectivity index (χ1) is 6.09. The SMILES string of the molecule is CC(N)Cc1cccc(C(C)C)c1. The molecule has 1 aromatic carbocycles. The summed E-state index contributed by atoms with van der Waals surface area (Å²) in [4.78, 5) is 0. The highest BCUT2D eigenvalue weighted by Gasteiger charge is 2.01. The molecule has 1 aromatic rings. The zero-order valence-electron chi connectivity index (χ0n) is 8.75. The maximum absolute atomic E-state index is 5.75. The largest absolute Gasteiger partial charge is 0.328 e. The molecular weight excluding hydrogens is 158 g/mol. The van der Waals surface area contributed by atoms with Crippen molar-refractivity contribution in [3.8, 4) is 0 Å². The molecule has 1 rings (SSSR count). The van der Waals surface area contributed by atoms with E-state index in [1.54, 1.807) is 0 Å². The Kier molecular flexibility index (Phi) is 3.49. The molecule has 0 bridgehead atoms. The van der Waals surface area contributed by atoms with E-state index in [1.807, 2.05) is 6.92 Å². The zero-order valence-corrected chi connectivity index (χ0v) is 8.75. The van der Waals surface area contributed by atoms with E-state index < -0.39 is 0 Å². The average Bonchev–Trinajstić information content (AvgIpc) is 2.03. The van der Waals surface area contributed by atoms with Gasteiger partial charge < -0.3 is 5.73 Å². The van der Waals surface area contributed by atoms with Crippen molar-refractivity contribution < 1.29 is 0 Å². The fourth-order valence-corrected chi connectivity index (χ4v) is 1.45. The minimum absolute atomic E-state index is 0.252. The van der Waals surface area contributed by atoms with E-state index in [0.717, 1.165) is 6.42 Å². The summed E-state index contributed by atoms with van der Waals surface area (Å²) in [6.45, 7) is 6.47. The van der Waals surface area contributed by atoms with E-state index in [4.69, 9.17) is 5.73 Å². The van der Waals surface area contributed by atoms with Crippen molar-refractivity contribution in [2.75, 3.05) is 0 Å². The number of benzene rings is 1. The molecule has 2 N–H and O–H groups in total. The molecule has 0 amide bonds. The number of hydrogen-bond donors (Lipinski definition) is 1. The molecule has 0 aliphatic rings. The maximum atomic E-state index is 5.75. The van der Waals surface area contributed by atoms with Crippen molar-refractivity contribution in [2.45, 2.75) is 39.2 Å². The standard InChI is InChI=1S/C12H19N/c1-9(2)12-6-4-5-11(8-12)7-10(3)13/h4-6,8-10H,7,13H2,1-3H3. The van der Waals surface area contributed by atoms with Crippen LogP contribution in [0, 0.1) is 0 Å². The van der Waals surface area contributed by atoms with Gasteiger partial charge in [-0.05, 0) is 30.4 Å². The van der Waals surface area contributed by atoms with Crippen LogP contribution in [0.4, 0.5) is 0 Å². The van der Waals surface area contributed by atoms with E-state index in [2.05, 4.69) is 38.1 Å². The van der Waals surface area contributed by atoms with Crippen molar-refractivity contribution in [1.29, 1.82) is 0 Å². The molecule has 0 fully saturated rings. The lowest BCUT2D eigenvalue weighted by Crippen LogP contribution is -2.17. The van der Waals surface area contributed by atoms with Crippen LogP contribution in [-0.4, -0.2) is 6.04 Å². The fraction of sp³-hybridized carbons (Fsp3) is 0.500. The second-order valence-corrected chi connectivity index (χ2v) is 4.08. The van der Waals surface area contributed by atoms with Gasteiger partial charge in [0.1, 0.15) is 0 Å². The Labute approximate surface area is 81.0 Å². The Hall–Kier alpha value is -0.820. The minimum Gasteiger partial charge on any atom is -0.328 e. The van der Waals surface area contributed by atoms with Gasteiger partial charge in [0.2, 0.25) is 0 Å². The van der Waals surface area contributed by atoms with Crippen LogP contribution in [0.5, 0.6) is 0 Å². The average molecular weight is 177 g/mol. The van der Waals surface area contributed by atoms with Crippen molar-refractivity contribution >= 4 is 0 Å². The third-order valence-electron chi connectivity index (χ3n) is 2.18. The van der Waals surface area contributed by atoms with E-state index in [-0.39, 0.29) is 6.04 Å². The van der Waals surface area contributed by atoms with Gasteiger partial charge in [0.25, 0.3) is 0 Å². The van der Waals surface area contributed by atoms with Crippen LogP contribution in [-0.2, 0) is 6.42 Å². The van der Waals surface area contributed by atoms with Gasteiger partial charge in [0.05, 0.1) is 0 Å². The first kappa shape index (κ1) is 10.3. The minimum atomic E-state index is 0.252. The second-order valence-electron chi connectivity index (χ2n) is 4.08. The van der Waals surface area contributed by atoms with Crippen LogP contribution in [0.1, 0.15) is 37.8 Å². The van der Waals surface area contributed by atoms with Gasteiger partial charge in [-0.1, -0.05) is 38.1 Å². The van der Waals surface area contributed by atoms with E-state index in [0.29, 0.717) is 5.92 Å². The van der Waals surface area contributed by atoms with Gasteiger partial charge in [0.15, 0.2) is 0 Å². The Morgan fingerprint density at radius 2 is 1.92 bits per heavy atom. The van der Waals surface area contributed by atoms with Gasteiger partial charge in [-0.3, -0.25) is 0 Å². The molecule has 0 saturated heterocycles. The van der Waals surface area contributed by atoms with E-state index in [1.165, 1.54) is 11.1 Å². The quantitative estimate of drug-likeness (QED) is 0.754. The van der Waals surface area contributed by atoms with Gasteiger partial charge >= 0.3 is 0 Å². The molecule has 1 atom stereocenters. The Morgan fingerprint density at radius 3 is 2.46 bits per heavy atom. The van der Waals surface area contributed by atoms with Gasteiger partial charge in [-0.2, -0.15) is 0 Å². The predicted octanol–water partition coefficient (Wildman–Crippen LogP) is 2.70. The smallest absolute Gasteiger partial charge is 0.00509 e. The van der Waals surface area contributed by atoms with Gasteiger partial charge in [0, 0.05) is 6.04 Å². The van der Waals surface area contributed by atoms with Crippen LogP contribution in [0.15, 0.2) is 24.3 Å². The molecule has 1 nitrogen and oxygen atoms in total. The molecule has 1 heteroatoms. The van der Waals surface area contributed by atoms with Crippen LogP contribution < -0.4 is 5.73 Å². The Bertz CT molecular complexity index is 264. The van der Waals surface area contributed by atoms with Gasteiger partial charge in [-0.15, -0.1) is 0 Å². The molecule has 0 spiro atoms. The highest BCUT2D eigenvalue weighted by atomic mass is 14.6. The summed E-state index contributed by atoms with van der Waals surface area (Å²) < 4.78 is 0. The summed E-state index contributed by atoms with van der Waals surface area (Å²) in [7, 11) is 0. The first-order valence-corrected chi connectivity index (χ1v) is 4.94. The molecule has 72 valence electrons. The van der Waals surface area contributed by atoms with Crippen molar-refractivity contribution in [1.82, 2.24) is 0 Å². The molecule has 13 heavy (non-hydrogen) atoms. The summed E-state index contributed by atoms with van der Waals surface area (Å²) in [5, 5.41) is 0. The fourth-order valence-electron chi connectivity index (χ4n) is 1.45. The highest BCUT2D eigenvalue weighted by Crippen LogP contribution is 2.16. The summed E-state index contributed by atoms with van der Waals surface area (Å²) in [6, 6.07) is 8.95. The number of nitrogens with two attached hydrogens (primary N) is 1. The van der Waals surface area contributed by atoms with Crippen LogP contribution >= 0.6 is 0 Å². The lowest BCUT2D eigenvalue weighted by Gasteiger charge is -2.09. The molecule has 1 unspecified atom stereocenters. The molecule has 0 saturated carbocycles. The summed E-state index contributed by atoms with van der Waals surface area (Å²) in [5.74, 6) is 0.605. The van der Waals surface area contributed by atoms with Gasteiger partial charge in [-0.25, -0.2) is 0 Å². The monoisotopic (exact) mass is 177 g/mol. The predicted molar refractivity (Wildman–Crippen MR) is 57.9 cm³/mol. The van der Waals surface area contributed by atoms with Crippen LogP contribution in [0.2, 0.25) is 0 Å². The summed E-state index contributed by atoms with van der Waals surface area (Å²) in [5.41, 5.74) is 8.50. The molecule has 0 heterocycles. The van der Waals surface area contributed by atoms with E-state index in [9.17, 15) is 0 Å². The van der Waals surface area contributed by atoms with Crippen LogP contribution in [0.3, 0.4) is 0 Å². The normalized spacial score (nSPS) is 13.3. The summed E-state index contributed by atoms with van der Waals surface area (Å²) >= 11 is 0. The third kappa shape index (κ3) is 3.19. The van der Waals surface area contributed by atoms with E-state index >= 15 is 0 Å². The lowest BCUT2D eigenvalue weighted by atomic mass is 9.98. The molecule has 0 aromatic heterocycles. The molecule has 0 radical (unpaired) electrons. The number of rotatable bonds is 3. The Morgan fingerprint density at radius 1 is 1.23 bits per heavy atom. The molecule has 0 aliphatic carbocycles. The lowest BCUT2D eigenvalue weighted by molar-refractivity contribution is 0.735. The van der Waals surface area contributed by atoms with Crippen LogP contribution in [0.25, 0.3) is 0 Å². The first-order valence-electron chi connectivity index (χ1n) is 4.94. The second kappa shape index (κ2) is 4.43. The maximum Gasteiger partial charge on any atom is 0.00509 e. The molecule has 0 aliphatic heterocycles. The van der Waals surface area contributed by atoms with Crippen molar-refractivity contribution in [3.63, 3.8) is 0 Å². The topological polar surface area (TPSA) is 26.0 Å². The third-order valence-corrected chi connectivity index (χ3v) is 2.18. The summed E-state index contributed by atoms with van der Waals surface area (Å²) in [6.07, 6.45) is 0.973.